The lowest BCUT2D eigenvalue weighted by Gasteiger charge is -2.62. The molecule has 1 aromatic carbocycles. The third-order valence-corrected chi connectivity index (χ3v) is 9.22. The highest BCUT2D eigenvalue weighted by Gasteiger charge is 2.72. The fourth-order valence-electron chi connectivity index (χ4n) is 8.03. The number of phenolic OH excluding ortho intramolecular Hbond substituents is 1. The number of aromatic nitrogens is 1. The minimum Gasteiger partial charge on any atom is -0.504 e. The number of rotatable bonds is 1. The molecular weight excluding hydrogens is 376 g/mol. The first-order chi connectivity index (χ1) is 14.5. The molecule has 1 aromatic heterocycles. The molecule has 2 bridgehead atoms. The van der Waals surface area contributed by atoms with E-state index < -0.39 is 11.0 Å². The number of nitrogens with zero attached hydrogens (tertiary/aromatic N) is 2. The highest BCUT2D eigenvalue weighted by Crippen LogP contribution is 2.69. The van der Waals surface area contributed by atoms with Crippen molar-refractivity contribution >= 4 is 0 Å². The van der Waals surface area contributed by atoms with Gasteiger partial charge in [0.15, 0.2) is 17.6 Å². The first-order valence-corrected chi connectivity index (χ1v) is 11.7. The van der Waals surface area contributed by atoms with Gasteiger partial charge in [-0.15, -0.1) is 0 Å². The van der Waals surface area contributed by atoms with Crippen LogP contribution in [0.25, 0.3) is 0 Å². The maximum atomic E-state index is 12.6. The molecule has 5 heteroatoms. The van der Waals surface area contributed by atoms with Gasteiger partial charge in [0.1, 0.15) is 0 Å². The Morgan fingerprint density at radius 2 is 2.03 bits per heavy atom. The van der Waals surface area contributed by atoms with Crippen LogP contribution in [-0.4, -0.2) is 44.9 Å². The van der Waals surface area contributed by atoms with Gasteiger partial charge in [0.05, 0.1) is 16.7 Å². The SMILES string of the molecule is CCn1c2c(c3c1[C@@H]1Oc4c(O)ccc5c4[C@@]14CCN(C)[C@@H](C5)[C@]4(O)C3)CCCC2. The Bertz CT molecular complexity index is 1100. The molecule has 30 heavy (non-hydrogen) atoms. The van der Waals surface area contributed by atoms with Gasteiger partial charge in [-0.1, -0.05) is 6.07 Å². The second-order valence-electron chi connectivity index (χ2n) is 10.2. The van der Waals surface area contributed by atoms with Crippen LogP contribution in [0.3, 0.4) is 0 Å². The highest BCUT2D eigenvalue weighted by molar-refractivity contribution is 5.65. The van der Waals surface area contributed by atoms with Crippen molar-refractivity contribution < 1.29 is 14.9 Å². The molecule has 2 aliphatic heterocycles. The van der Waals surface area contributed by atoms with Gasteiger partial charge < -0.3 is 24.4 Å². The zero-order valence-electron chi connectivity index (χ0n) is 17.9. The van der Waals surface area contributed by atoms with Crippen molar-refractivity contribution in [1.29, 1.82) is 0 Å². The molecule has 7 rings (SSSR count). The number of ether oxygens (including phenoxy) is 1. The van der Waals surface area contributed by atoms with E-state index in [0.29, 0.717) is 12.2 Å². The van der Waals surface area contributed by atoms with E-state index in [0.717, 1.165) is 44.3 Å². The molecule has 1 saturated heterocycles. The fourth-order valence-corrected chi connectivity index (χ4v) is 8.03. The van der Waals surface area contributed by atoms with Crippen molar-refractivity contribution in [3.05, 3.63) is 45.8 Å². The molecule has 0 saturated carbocycles. The van der Waals surface area contributed by atoms with E-state index in [1.165, 1.54) is 40.9 Å². The number of aliphatic hydroxyl groups is 1. The van der Waals surface area contributed by atoms with Gasteiger partial charge in [0.2, 0.25) is 0 Å². The number of piperidine rings is 1. The van der Waals surface area contributed by atoms with Gasteiger partial charge in [-0.05, 0) is 81.8 Å². The second kappa shape index (κ2) is 5.43. The van der Waals surface area contributed by atoms with Crippen molar-refractivity contribution in [2.24, 2.45) is 0 Å². The van der Waals surface area contributed by atoms with E-state index in [-0.39, 0.29) is 17.9 Å². The van der Waals surface area contributed by atoms with Gasteiger partial charge >= 0.3 is 0 Å². The van der Waals surface area contributed by atoms with E-state index in [9.17, 15) is 10.2 Å². The van der Waals surface area contributed by atoms with Gasteiger partial charge in [-0.3, -0.25) is 0 Å². The summed E-state index contributed by atoms with van der Waals surface area (Å²) < 4.78 is 9.21. The Labute approximate surface area is 177 Å². The summed E-state index contributed by atoms with van der Waals surface area (Å²) in [5, 5.41) is 23.3. The molecule has 4 atom stereocenters. The average Bonchev–Trinajstić information content (AvgIpc) is 3.25. The second-order valence-corrected chi connectivity index (χ2v) is 10.2. The predicted octanol–water partition coefficient (Wildman–Crippen LogP) is 3.01. The summed E-state index contributed by atoms with van der Waals surface area (Å²) in [6.45, 7) is 4.12. The van der Waals surface area contributed by atoms with Gasteiger partial charge in [0, 0.05) is 30.3 Å². The van der Waals surface area contributed by atoms with Crippen LogP contribution in [0.15, 0.2) is 12.1 Å². The van der Waals surface area contributed by atoms with Crippen molar-refractivity contribution in [1.82, 2.24) is 9.47 Å². The van der Waals surface area contributed by atoms with Gasteiger partial charge in [-0.2, -0.15) is 0 Å². The smallest absolute Gasteiger partial charge is 0.166 e. The average molecular weight is 407 g/mol. The molecule has 0 amide bonds. The number of likely N-dealkylation sites (N-methyl/N-ethyl adjacent to an activating group) is 1. The summed E-state index contributed by atoms with van der Waals surface area (Å²) in [5.74, 6) is 0.853. The summed E-state index contributed by atoms with van der Waals surface area (Å²) in [4.78, 5) is 2.37. The maximum absolute atomic E-state index is 12.6. The molecule has 158 valence electrons. The van der Waals surface area contributed by atoms with Crippen molar-refractivity contribution in [2.45, 2.75) is 81.6 Å². The van der Waals surface area contributed by atoms with Crippen LogP contribution in [0.2, 0.25) is 0 Å². The maximum Gasteiger partial charge on any atom is 0.166 e. The lowest BCUT2D eigenvalue weighted by molar-refractivity contribution is -0.168. The van der Waals surface area contributed by atoms with E-state index in [1.54, 1.807) is 6.07 Å². The van der Waals surface area contributed by atoms with E-state index in [4.69, 9.17) is 4.74 Å². The first-order valence-electron chi connectivity index (χ1n) is 11.7. The molecule has 2 aromatic rings. The summed E-state index contributed by atoms with van der Waals surface area (Å²) in [7, 11) is 2.16. The van der Waals surface area contributed by atoms with Crippen molar-refractivity contribution in [3.8, 4) is 11.5 Å². The molecule has 0 unspecified atom stereocenters. The third-order valence-electron chi connectivity index (χ3n) is 9.22. The van der Waals surface area contributed by atoms with Crippen LogP contribution in [-0.2, 0) is 37.6 Å². The van der Waals surface area contributed by atoms with Crippen LogP contribution in [0.5, 0.6) is 11.5 Å². The number of hydrogen-bond donors (Lipinski definition) is 2. The number of hydrogen-bond acceptors (Lipinski definition) is 4. The van der Waals surface area contributed by atoms with E-state index >= 15 is 0 Å². The number of likely N-dealkylation sites (tertiary alicyclic amines) is 1. The molecular formula is C25H30N2O3. The Balaban J connectivity index is 1.59. The van der Waals surface area contributed by atoms with Gasteiger partial charge in [-0.25, -0.2) is 0 Å². The third kappa shape index (κ3) is 1.70. The first kappa shape index (κ1) is 17.7. The molecule has 1 spiro atoms. The Morgan fingerprint density at radius 3 is 2.87 bits per heavy atom. The molecule has 3 heterocycles. The minimum atomic E-state index is -0.866. The summed E-state index contributed by atoms with van der Waals surface area (Å²) >= 11 is 0. The highest BCUT2D eigenvalue weighted by atomic mass is 16.5. The van der Waals surface area contributed by atoms with Crippen LogP contribution in [0.4, 0.5) is 0 Å². The van der Waals surface area contributed by atoms with Crippen LogP contribution < -0.4 is 4.74 Å². The Morgan fingerprint density at radius 1 is 1.20 bits per heavy atom. The monoisotopic (exact) mass is 406 g/mol. The fraction of sp³-hybridized carbons (Fsp3) is 0.600. The summed E-state index contributed by atoms with van der Waals surface area (Å²) in [5.41, 5.74) is 6.62. The van der Waals surface area contributed by atoms with Gasteiger partial charge in [0.25, 0.3) is 0 Å². The largest absolute Gasteiger partial charge is 0.504 e. The topological polar surface area (TPSA) is 57.9 Å². The molecule has 1 fully saturated rings. The van der Waals surface area contributed by atoms with E-state index in [1.807, 2.05) is 0 Å². The summed E-state index contributed by atoms with van der Waals surface area (Å²) in [6.07, 6.45) is 6.90. The minimum absolute atomic E-state index is 0.0812. The molecule has 5 aliphatic rings. The lowest BCUT2D eigenvalue weighted by atomic mass is 9.49. The zero-order chi connectivity index (χ0) is 20.4. The quantitative estimate of drug-likeness (QED) is 0.764. The van der Waals surface area contributed by atoms with Crippen molar-refractivity contribution in [2.75, 3.05) is 13.6 Å². The molecule has 0 radical (unpaired) electrons. The molecule has 5 nitrogen and oxygen atoms in total. The van der Waals surface area contributed by atoms with E-state index in [2.05, 4.69) is 29.5 Å². The van der Waals surface area contributed by atoms with Crippen LogP contribution in [0.1, 0.15) is 65.9 Å². The zero-order valence-corrected chi connectivity index (χ0v) is 17.9. The normalized spacial score (nSPS) is 35.4. The molecule has 2 N–H and O–H groups in total. The number of benzene rings is 1. The van der Waals surface area contributed by atoms with Crippen LogP contribution >= 0.6 is 0 Å². The molecule has 3 aliphatic carbocycles. The summed E-state index contributed by atoms with van der Waals surface area (Å²) in [6, 6.07) is 3.93. The standard InChI is InChI=1S/C25H30N2O3/c1-3-27-17-7-5-4-6-15(17)16-13-25(29)19-12-14-8-9-18(28)22-20(14)24(25,10-11-26(19)2)23(30-22)21(16)27/h8-9,19,23,28-29H,3-7,10-13H2,1-2H3/t19-,23-,24-,25+/m0/s1. The Kier molecular flexibility index (Phi) is 3.20. The predicted molar refractivity (Wildman–Crippen MR) is 113 cm³/mol. The Hall–Kier alpha value is -1.98. The lowest BCUT2D eigenvalue weighted by Crippen LogP contribution is -2.74. The number of fused-ring (bicyclic) bond motifs is 4. The number of phenols is 1. The number of aromatic hydroxyl groups is 1. The van der Waals surface area contributed by atoms with Crippen molar-refractivity contribution in [3.63, 3.8) is 0 Å². The van der Waals surface area contributed by atoms with Crippen LogP contribution in [0, 0.1) is 0 Å².